The molecule has 1 aliphatic heterocycles. The average Bonchev–Trinajstić information content (AvgIpc) is 3.38. The van der Waals surface area contributed by atoms with Gasteiger partial charge >= 0.3 is 0 Å². The van der Waals surface area contributed by atoms with E-state index >= 15 is 0 Å². The molecule has 1 fully saturated rings. The third-order valence-electron chi connectivity index (χ3n) is 8.11. The van der Waals surface area contributed by atoms with Crippen molar-refractivity contribution in [3.8, 4) is 11.3 Å². The molecule has 3 heterocycles. The number of imidazole rings is 1. The van der Waals surface area contributed by atoms with Gasteiger partial charge in [0.1, 0.15) is 5.65 Å². The van der Waals surface area contributed by atoms with Crippen LogP contribution in [0.3, 0.4) is 0 Å². The van der Waals surface area contributed by atoms with Gasteiger partial charge in [-0.25, -0.2) is 4.98 Å². The summed E-state index contributed by atoms with van der Waals surface area (Å²) in [5.41, 5.74) is 17.0. The number of benzene rings is 1. The van der Waals surface area contributed by atoms with E-state index in [1.165, 1.54) is 60.1 Å². The predicted octanol–water partition coefficient (Wildman–Crippen LogP) is 7.85. The number of nitrogens with two attached hydrogens (primary N) is 1. The van der Waals surface area contributed by atoms with E-state index in [2.05, 4.69) is 86.6 Å². The largest absolute Gasteiger partial charge is 0.398 e. The van der Waals surface area contributed by atoms with Gasteiger partial charge in [-0.3, -0.25) is 9.89 Å². The first kappa shape index (κ1) is 29.1. The molecule has 0 spiro atoms. The van der Waals surface area contributed by atoms with Gasteiger partial charge in [0.15, 0.2) is 0 Å². The second-order valence-corrected chi connectivity index (χ2v) is 11.2. The van der Waals surface area contributed by atoms with E-state index in [1.807, 2.05) is 0 Å². The quantitative estimate of drug-likeness (QED) is 0.244. The van der Waals surface area contributed by atoms with Crippen molar-refractivity contribution >= 4 is 17.1 Å². The van der Waals surface area contributed by atoms with Gasteiger partial charge in [0.05, 0.1) is 11.7 Å². The van der Waals surface area contributed by atoms with Crippen LogP contribution in [0.1, 0.15) is 95.8 Å². The Labute approximate surface area is 236 Å². The smallest absolute Gasteiger partial charge is 0.146 e. The fraction of sp³-hybridized carbons (Fsp3) is 0.529. The number of pyridine rings is 1. The van der Waals surface area contributed by atoms with Crippen molar-refractivity contribution in [2.45, 2.75) is 98.4 Å². The molecule has 1 aliphatic rings. The molecular weight excluding hydrogens is 478 g/mol. The van der Waals surface area contributed by atoms with Crippen molar-refractivity contribution in [1.29, 1.82) is 0 Å². The van der Waals surface area contributed by atoms with E-state index in [0.717, 1.165) is 67.9 Å². The maximum Gasteiger partial charge on any atom is 0.146 e. The third kappa shape index (κ3) is 7.00. The molecule has 1 aromatic carbocycles. The molecule has 0 bridgehead atoms. The van der Waals surface area contributed by atoms with E-state index in [9.17, 15) is 0 Å². The van der Waals surface area contributed by atoms with Crippen molar-refractivity contribution in [1.82, 2.24) is 14.3 Å². The summed E-state index contributed by atoms with van der Waals surface area (Å²) in [6, 6.07) is 11.3. The number of hydrogen-bond acceptors (Lipinski definition) is 4. The molecule has 2 aromatic heterocycles. The Kier molecular flexibility index (Phi) is 10.4. The van der Waals surface area contributed by atoms with Crippen molar-refractivity contribution in [2.75, 3.05) is 19.6 Å². The van der Waals surface area contributed by atoms with Gasteiger partial charge in [-0.1, -0.05) is 71.6 Å². The molecule has 0 saturated carbocycles. The fourth-order valence-electron chi connectivity index (χ4n) is 5.90. The molecule has 3 aromatic rings. The van der Waals surface area contributed by atoms with Crippen LogP contribution in [-0.2, 0) is 6.42 Å². The highest BCUT2D eigenvalue weighted by molar-refractivity contribution is 6.08. The first-order valence-corrected chi connectivity index (χ1v) is 15.3. The second-order valence-electron chi connectivity index (χ2n) is 11.2. The Bertz CT molecular complexity index is 1300. The highest BCUT2D eigenvalue weighted by Gasteiger charge is 2.25. The van der Waals surface area contributed by atoms with Crippen molar-refractivity contribution in [2.24, 2.45) is 10.7 Å². The van der Waals surface area contributed by atoms with Crippen LogP contribution in [0.5, 0.6) is 0 Å². The summed E-state index contributed by atoms with van der Waals surface area (Å²) in [7, 11) is 0. The summed E-state index contributed by atoms with van der Waals surface area (Å²) in [6.07, 6.45) is 14.6. The van der Waals surface area contributed by atoms with Gasteiger partial charge < -0.3 is 10.1 Å². The van der Waals surface area contributed by atoms with E-state index in [4.69, 9.17) is 15.7 Å². The minimum Gasteiger partial charge on any atom is -0.398 e. The molecule has 4 rings (SSSR count). The number of aromatic nitrogens is 2. The lowest BCUT2D eigenvalue weighted by molar-refractivity contribution is 0.298. The van der Waals surface area contributed by atoms with Crippen molar-refractivity contribution in [3.05, 3.63) is 65.0 Å². The van der Waals surface area contributed by atoms with Crippen LogP contribution in [0.15, 0.2) is 53.3 Å². The maximum atomic E-state index is 7.09. The lowest BCUT2D eigenvalue weighted by Gasteiger charge is -2.31. The summed E-state index contributed by atoms with van der Waals surface area (Å²) in [5, 5.41) is 0. The number of aliphatic imine (C=N–C) groups is 1. The number of rotatable bonds is 12. The van der Waals surface area contributed by atoms with E-state index < -0.39 is 0 Å². The van der Waals surface area contributed by atoms with E-state index in [-0.39, 0.29) is 0 Å². The third-order valence-corrected chi connectivity index (χ3v) is 8.11. The Hall–Kier alpha value is -2.92. The van der Waals surface area contributed by atoms with Crippen LogP contribution in [0, 0.1) is 6.92 Å². The van der Waals surface area contributed by atoms with Crippen LogP contribution in [0.25, 0.3) is 22.6 Å². The van der Waals surface area contributed by atoms with Crippen molar-refractivity contribution < 1.29 is 0 Å². The zero-order valence-electron chi connectivity index (χ0n) is 25.0. The summed E-state index contributed by atoms with van der Waals surface area (Å²) in [6.45, 7) is 14.2. The number of likely N-dealkylation sites (tertiary alicyclic amines) is 1. The topological polar surface area (TPSA) is 58.9 Å². The number of nitrogens with zero attached hydrogens (tertiary/aromatic N) is 4. The molecule has 0 amide bonds. The first-order chi connectivity index (χ1) is 19.0. The minimum absolute atomic E-state index is 0.389. The number of aryl methyl sites for hydroxylation is 2. The molecule has 2 N–H and O–H groups in total. The van der Waals surface area contributed by atoms with Crippen LogP contribution >= 0.6 is 0 Å². The standard InChI is InChI=1S/C34H49N5/c1-6-10-11-14-27(13-7-2)36-31-18-21-38(19-8-3)23-30(31)33(35)29-15-12-20-39-24-32(37-34(29)39)28-17-16-26(9-4)22-25(28)5/h12,15-17,20,22,24,27H,6-11,13-14,18-19,21,23,35H2,1-5H3. The van der Waals surface area contributed by atoms with Gasteiger partial charge in [-0.05, 0) is 62.4 Å². The fourth-order valence-corrected chi connectivity index (χ4v) is 5.90. The number of fused-ring (bicyclic) bond motifs is 1. The normalized spacial score (nSPS) is 17.7. The highest BCUT2D eigenvalue weighted by atomic mass is 15.1. The molecule has 0 aliphatic carbocycles. The van der Waals surface area contributed by atoms with Gasteiger partial charge in [0, 0.05) is 60.0 Å². The molecule has 1 saturated heterocycles. The summed E-state index contributed by atoms with van der Waals surface area (Å²) < 4.78 is 2.12. The summed E-state index contributed by atoms with van der Waals surface area (Å²) in [5.74, 6) is 0. The first-order valence-electron chi connectivity index (χ1n) is 15.3. The van der Waals surface area contributed by atoms with Crippen LogP contribution in [-0.4, -0.2) is 45.7 Å². The Morgan fingerprint density at radius 3 is 2.62 bits per heavy atom. The van der Waals surface area contributed by atoms with E-state index in [1.54, 1.807) is 0 Å². The zero-order chi connectivity index (χ0) is 27.8. The van der Waals surface area contributed by atoms with Gasteiger partial charge in [-0.2, -0.15) is 0 Å². The maximum absolute atomic E-state index is 7.09. The number of piperidine rings is 1. The van der Waals surface area contributed by atoms with Crippen LogP contribution < -0.4 is 5.73 Å². The molecule has 5 heteroatoms. The molecule has 1 unspecified atom stereocenters. The second kappa shape index (κ2) is 13.9. The SMILES string of the molecule is CCCCCC(CCC)N=C1CCN(CCC)CC1=C(N)c1cccn2cc(-c3ccc(CC)cc3C)nc12. The van der Waals surface area contributed by atoms with Crippen LogP contribution in [0.2, 0.25) is 0 Å². The van der Waals surface area contributed by atoms with Crippen LogP contribution in [0.4, 0.5) is 0 Å². The predicted molar refractivity (Wildman–Crippen MR) is 167 cm³/mol. The zero-order valence-corrected chi connectivity index (χ0v) is 25.0. The molecule has 5 nitrogen and oxygen atoms in total. The summed E-state index contributed by atoms with van der Waals surface area (Å²) in [4.78, 5) is 13.1. The van der Waals surface area contributed by atoms with Crippen molar-refractivity contribution in [3.63, 3.8) is 0 Å². The number of hydrogen-bond donors (Lipinski definition) is 1. The van der Waals surface area contributed by atoms with Gasteiger partial charge in [0.25, 0.3) is 0 Å². The minimum atomic E-state index is 0.389. The van der Waals surface area contributed by atoms with E-state index in [0.29, 0.717) is 6.04 Å². The molecule has 0 radical (unpaired) electrons. The highest BCUT2D eigenvalue weighted by Crippen LogP contribution is 2.29. The monoisotopic (exact) mass is 527 g/mol. The lowest BCUT2D eigenvalue weighted by atomic mass is 9.95. The van der Waals surface area contributed by atoms with Gasteiger partial charge in [-0.15, -0.1) is 0 Å². The lowest BCUT2D eigenvalue weighted by Crippen LogP contribution is -2.38. The molecule has 210 valence electrons. The Balaban J connectivity index is 1.77. The Morgan fingerprint density at radius 2 is 1.90 bits per heavy atom. The average molecular weight is 528 g/mol. The Morgan fingerprint density at radius 1 is 1.05 bits per heavy atom. The summed E-state index contributed by atoms with van der Waals surface area (Å²) >= 11 is 0. The molecule has 39 heavy (non-hydrogen) atoms. The number of unbranched alkanes of at least 4 members (excludes halogenated alkanes) is 2. The molecular formula is C34H49N5. The molecule has 1 atom stereocenters. The van der Waals surface area contributed by atoms with Gasteiger partial charge in [0.2, 0.25) is 0 Å².